The molecule has 0 N–H and O–H groups in total. The first kappa shape index (κ1) is 13.8. The first-order valence-electron chi connectivity index (χ1n) is 6.25. The Bertz CT molecular complexity index is 519. The number of piperidine rings is 1. The van der Waals surface area contributed by atoms with Gasteiger partial charge in [0.15, 0.2) is 0 Å². The van der Waals surface area contributed by atoms with Crippen LogP contribution in [0.15, 0.2) is 18.2 Å². The molecule has 1 saturated heterocycles. The molecule has 2 rings (SSSR count). The van der Waals surface area contributed by atoms with Gasteiger partial charge < -0.3 is 4.90 Å². The third kappa shape index (κ3) is 2.87. The van der Waals surface area contributed by atoms with Crippen molar-refractivity contribution in [1.29, 1.82) is 0 Å². The van der Waals surface area contributed by atoms with E-state index in [2.05, 4.69) is 0 Å². The van der Waals surface area contributed by atoms with Crippen molar-refractivity contribution in [1.82, 2.24) is 4.90 Å². The summed E-state index contributed by atoms with van der Waals surface area (Å²) in [5.41, 5.74) is -0.113. The molecule has 1 aliphatic rings. The fraction of sp³-hybridized carbons (Fsp3) is 0.462. The zero-order chi connectivity index (χ0) is 14.0. The quantitative estimate of drug-likeness (QED) is 0.618. The number of hydrogen-bond donors (Lipinski definition) is 0. The molecule has 1 aromatic rings. The van der Waals surface area contributed by atoms with Gasteiger partial charge in [-0.2, -0.15) is 0 Å². The number of nitro benzene ring substituents is 1. The van der Waals surface area contributed by atoms with Gasteiger partial charge in [0.25, 0.3) is 11.6 Å². The summed E-state index contributed by atoms with van der Waals surface area (Å²) in [5, 5.41) is 11.3. The van der Waals surface area contributed by atoms with E-state index in [1.165, 1.54) is 18.2 Å². The van der Waals surface area contributed by atoms with Crippen LogP contribution in [0.1, 0.15) is 36.5 Å². The van der Waals surface area contributed by atoms with Crippen molar-refractivity contribution in [3.8, 4) is 0 Å². The van der Waals surface area contributed by atoms with Gasteiger partial charge in [0, 0.05) is 23.7 Å². The second-order valence-corrected chi connectivity index (χ2v) is 5.20. The zero-order valence-corrected chi connectivity index (χ0v) is 11.4. The monoisotopic (exact) mass is 282 g/mol. The van der Waals surface area contributed by atoms with E-state index in [0.29, 0.717) is 11.6 Å². The molecule has 0 bridgehead atoms. The predicted molar refractivity (Wildman–Crippen MR) is 72.5 cm³/mol. The molecule has 19 heavy (non-hydrogen) atoms. The van der Waals surface area contributed by atoms with E-state index in [1.54, 1.807) is 4.90 Å². The lowest BCUT2D eigenvalue weighted by Crippen LogP contribution is -2.42. The second kappa shape index (κ2) is 5.57. The van der Waals surface area contributed by atoms with Crippen molar-refractivity contribution in [2.75, 3.05) is 6.54 Å². The molecule has 0 unspecified atom stereocenters. The summed E-state index contributed by atoms with van der Waals surface area (Å²) in [4.78, 5) is 24.6. The number of rotatable bonds is 2. The highest BCUT2D eigenvalue weighted by molar-refractivity contribution is 6.31. The van der Waals surface area contributed by atoms with Gasteiger partial charge in [0.1, 0.15) is 5.56 Å². The largest absolute Gasteiger partial charge is 0.336 e. The Kier molecular flexibility index (Phi) is 4.04. The van der Waals surface area contributed by atoms with Crippen LogP contribution in [0.4, 0.5) is 5.69 Å². The fourth-order valence-corrected chi connectivity index (χ4v) is 2.57. The van der Waals surface area contributed by atoms with E-state index in [1.807, 2.05) is 6.92 Å². The molecule has 1 heterocycles. The lowest BCUT2D eigenvalue weighted by atomic mass is 10.0. The molecule has 0 aliphatic carbocycles. The average molecular weight is 283 g/mol. The Labute approximate surface area is 116 Å². The highest BCUT2D eigenvalue weighted by Gasteiger charge is 2.29. The number of likely N-dealkylation sites (tertiary alicyclic amines) is 1. The van der Waals surface area contributed by atoms with Gasteiger partial charge in [-0.3, -0.25) is 14.9 Å². The maximum atomic E-state index is 12.5. The summed E-state index contributed by atoms with van der Waals surface area (Å²) in [7, 11) is 0. The number of carbonyl (C=O) groups excluding carboxylic acids is 1. The van der Waals surface area contributed by atoms with Gasteiger partial charge in [-0.1, -0.05) is 11.6 Å². The predicted octanol–water partition coefficient (Wildman–Crippen LogP) is 3.26. The minimum Gasteiger partial charge on any atom is -0.336 e. The smallest absolute Gasteiger partial charge is 0.282 e. The summed E-state index contributed by atoms with van der Waals surface area (Å²) < 4.78 is 0. The topological polar surface area (TPSA) is 63.5 Å². The van der Waals surface area contributed by atoms with Crippen LogP contribution >= 0.6 is 11.6 Å². The van der Waals surface area contributed by atoms with E-state index in [9.17, 15) is 14.9 Å². The Balaban J connectivity index is 2.37. The summed E-state index contributed by atoms with van der Waals surface area (Å²) in [6.45, 7) is 2.61. The van der Waals surface area contributed by atoms with Crippen molar-refractivity contribution in [2.24, 2.45) is 0 Å². The number of nitrogens with zero attached hydrogens (tertiary/aromatic N) is 2. The molecule has 1 aromatic carbocycles. The highest BCUT2D eigenvalue weighted by Crippen LogP contribution is 2.27. The maximum absolute atomic E-state index is 12.5. The summed E-state index contributed by atoms with van der Waals surface area (Å²) in [5.74, 6) is -0.304. The molecule has 0 aromatic heterocycles. The van der Waals surface area contributed by atoms with Crippen molar-refractivity contribution in [3.05, 3.63) is 38.9 Å². The molecule has 0 saturated carbocycles. The normalized spacial score (nSPS) is 19.3. The minimum absolute atomic E-state index is 0.0752. The van der Waals surface area contributed by atoms with Crippen LogP contribution in [0.25, 0.3) is 0 Å². The SMILES string of the molecule is C[C@@H]1CCCCN1C(=O)c1cc(Cl)ccc1[N+](=O)[O-]. The van der Waals surface area contributed by atoms with Crippen LogP contribution in [-0.4, -0.2) is 28.3 Å². The van der Waals surface area contributed by atoms with Crippen LogP contribution in [0.5, 0.6) is 0 Å². The molecule has 0 spiro atoms. The van der Waals surface area contributed by atoms with E-state index >= 15 is 0 Å². The first-order chi connectivity index (χ1) is 9.00. The molecule has 5 nitrogen and oxygen atoms in total. The number of amides is 1. The van der Waals surface area contributed by atoms with E-state index in [0.717, 1.165) is 19.3 Å². The van der Waals surface area contributed by atoms with E-state index in [-0.39, 0.29) is 23.2 Å². The van der Waals surface area contributed by atoms with Gasteiger partial charge in [-0.05, 0) is 38.3 Å². The third-order valence-electron chi connectivity index (χ3n) is 3.45. The molecule has 0 radical (unpaired) electrons. The summed E-state index contributed by atoms with van der Waals surface area (Å²) >= 11 is 5.85. The molecule has 1 fully saturated rings. The summed E-state index contributed by atoms with van der Waals surface area (Å²) in [6.07, 6.45) is 2.95. The van der Waals surface area contributed by atoms with E-state index < -0.39 is 4.92 Å². The van der Waals surface area contributed by atoms with Crippen molar-refractivity contribution in [3.63, 3.8) is 0 Å². The number of nitro groups is 1. The van der Waals surface area contributed by atoms with Crippen LogP contribution in [0.3, 0.4) is 0 Å². The van der Waals surface area contributed by atoms with Crippen LogP contribution < -0.4 is 0 Å². The van der Waals surface area contributed by atoms with Gasteiger partial charge in [0.2, 0.25) is 0 Å². The van der Waals surface area contributed by atoms with Crippen LogP contribution in [-0.2, 0) is 0 Å². The third-order valence-corrected chi connectivity index (χ3v) is 3.68. The minimum atomic E-state index is -0.543. The number of halogens is 1. The Morgan fingerprint density at radius 2 is 2.21 bits per heavy atom. The lowest BCUT2D eigenvalue weighted by molar-refractivity contribution is -0.385. The second-order valence-electron chi connectivity index (χ2n) is 4.76. The van der Waals surface area contributed by atoms with Gasteiger partial charge in [0.05, 0.1) is 4.92 Å². The van der Waals surface area contributed by atoms with Gasteiger partial charge >= 0.3 is 0 Å². The Hall–Kier alpha value is -1.62. The van der Waals surface area contributed by atoms with Crippen molar-refractivity contribution >= 4 is 23.2 Å². The zero-order valence-electron chi connectivity index (χ0n) is 10.6. The lowest BCUT2D eigenvalue weighted by Gasteiger charge is -2.33. The van der Waals surface area contributed by atoms with Gasteiger partial charge in [-0.25, -0.2) is 0 Å². The average Bonchev–Trinajstić information content (AvgIpc) is 2.38. The fourth-order valence-electron chi connectivity index (χ4n) is 2.39. The molecule has 1 atom stereocenters. The first-order valence-corrected chi connectivity index (χ1v) is 6.63. The number of benzene rings is 1. The van der Waals surface area contributed by atoms with Crippen LogP contribution in [0, 0.1) is 10.1 Å². The van der Waals surface area contributed by atoms with Gasteiger partial charge in [-0.15, -0.1) is 0 Å². The molecule has 6 heteroatoms. The summed E-state index contributed by atoms with van der Waals surface area (Å²) in [6, 6.07) is 4.20. The Morgan fingerprint density at radius 1 is 1.47 bits per heavy atom. The van der Waals surface area contributed by atoms with Crippen LogP contribution in [0.2, 0.25) is 5.02 Å². The molecule has 1 aliphatic heterocycles. The number of hydrogen-bond acceptors (Lipinski definition) is 3. The number of carbonyl (C=O) groups is 1. The molecular weight excluding hydrogens is 268 g/mol. The highest BCUT2D eigenvalue weighted by atomic mass is 35.5. The van der Waals surface area contributed by atoms with Crippen molar-refractivity contribution < 1.29 is 9.72 Å². The standard InChI is InChI=1S/C13H15ClN2O3/c1-9-4-2-3-7-15(9)13(17)11-8-10(14)5-6-12(11)16(18)19/h5-6,8-9H,2-4,7H2,1H3/t9-/m1/s1. The Morgan fingerprint density at radius 3 is 2.84 bits per heavy atom. The molecule has 1 amide bonds. The van der Waals surface area contributed by atoms with E-state index in [4.69, 9.17) is 11.6 Å². The molecular formula is C13H15ClN2O3. The molecule has 102 valence electrons. The van der Waals surface area contributed by atoms with Crippen molar-refractivity contribution in [2.45, 2.75) is 32.2 Å². The maximum Gasteiger partial charge on any atom is 0.282 e.